The highest BCUT2D eigenvalue weighted by Gasteiger charge is 2.25. The molecule has 0 radical (unpaired) electrons. The lowest BCUT2D eigenvalue weighted by Crippen LogP contribution is -2.48. The van der Waals surface area contributed by atoms with E-state index in [1.165, 1.54) is 12.1 Å². The molecule has 1 aliphatic heterocycles. The topological polar surface area (TPSA) is 79.6 Å². The van der Waals surface area contributed by atoms with E-state index < -0.39 is 4.92 Å². The normalized spacial score (nSPS) is 14.9. The average Bonchev–Trinajstić information content (AvgIpc) is 3.39. The SMILES string of the molecule is O=C(c1ccc([N+](=O)[O-])s1)N1CCN(Cc2csc(-c3ccccc3)n2)CC1. The quantitative estimate of drug-likeness (QED) is 0.469. The number of hydrogen-bond acceptors (Lipinski definition) is 7. The molecule has 144 valence electrons. The summed E-state index contributed by atoms with van der Waals surface area (Å²) in [7, 11) is 0. The van der Waals surface area contributed by atoms with Gasteiger partial charge in [-0.05, 0) is 6.07 Å². The predicted molar refractivity (Wildman–Crippen MR) is 110 cm³/mol. The molecule has 0 spiro atoms. The average molecular weight is 415 g/mol. The number of carbonyl (C=O) groups is 1. The lowest BCUT2D eigenvalue weighted by atomic mass is 10.2. The summed E-state index contributed by atoms with van der Waals surface area (Å²) in [5.74, 6) is -0.127. The van der Waals surface area contributed by atoms with Gasteiger partial charge in [0.2, 0.25) is 0 Å². The van der Waals surface area contributed by atoms with E-state index in [-0.39, 0.29) is 10.9 Å². The van der Waals surface area contributed by atoms with Gasteiger partial charge in [-0.15, -0.1) is 11.3 Å². The Hall–Kier alpha value is -2.62. The van der Waals surface area contributed by atoms with Crippen molar-refractivity contribution < 1.29 is 9.72 Å². The van der Waals surface area contributed by atoms with Crippen molar-refractivity contribution in [1.29, 1.82) is 0 Å². The van der Waals surface area contributed by atoms with Crippen molar-refractivity contribution in [3.63, 3.8) is 0 Å². The molecular formula is C19H18N4O3S2. The van der Waals surface area contributed by atoms with E-state index in [9.17, 15) is 14.9 Å². The van der Waals surface area contributed by atoms with E-state index >= 15 is 0 Å². The van der Waals surface area contributed by atoms with Crippen LogP contribution < -0.4 is 0 Å². The van der Waals surface area contributed by atoms with Crippen LogP contribution in [0.3, 0.4) is 0 Å². The number of piperazine rings is 1. The molecule has 4 rings (SSSR count). The molecule has 1 amide bonds. The number of rotatable bonds is 5. The molecule has 2 aromatic heterocycles. The highest BCUT2D eigenvalue weighted by Crippen LogP contribution is 2.26. The summed E-state index contributed by atoms with van der Waals surface area (Å²) in [6, 6.07) is 13.1. The van der Waals surface area contributed by atoms with E-state index in [2.05, 4.69) is 22.4 Å². The fourth-order valence-electron chi connectivity index (χ4n) is 3.13. The minimum Gasteiger partial charge on any atom is -0.335 e. The number of thiophene rings is 1. The van der Waals surface area contributed by atoms with Crippen LogP contribution in [0.2, 0.25) is 0 Å². The van der Waals surface area contributed by atoms with Gasteiger partial charge in [-0.25, -0.2) is 4.98 Å². The maximum absolute atomic E-state index is 12.5. The van der Waals surface area contributed by atoms with Crippen molar-refractivity contribution in [1.82, 2.24) is 14.8 Å². The summed E-state index contributed by atoms with van der Waals surface area (Å²) in [4.78, 5) is 32.1. The molecule has 0 bridgehead atoms. The molecule has 9 heteroatoms. The van der Waals surface area contributed by atoms with Crippen molar-refractivity contribution >= 4 is 33.6 Å². The third kappa shape index (κ3) is 4.11. The fraction of sp³-hybridized carbons (Fsp3) is 0.263. The van der Waals surface area contributed by atoms with Gasteiger partial charge in [-0.2, -0.15) is 0 Å². The third-order valence-corrected chi connectivity index (χ3v) is 6.57. The molecule has 1 fully saturated rings. The molecule has 0 saturated carbocycles. The van der Waals surface area contributed by atoms with E-state index in [0.717, 1.165) is 47.2 Å². The second kappa shape index (κ2) is 8.17. The Morgan fingerprint density at radius 3 is 2.54 bits per heavy atom. The summed E-state index contributed by atoms with van der Waals surface area (Å²) < 4.78 is 0. The summed E-state index contributed by atoms with van der Waals surface area (Å²) >= 11 is 2.58. The van der Waals surface area contributed by atoms with Crippen molar-refractivity contribution in [2.75, 3.05) is 26.2 Å². The number of thiazole rings is 1. The summed E-state index contributed by atoms with van der Waals surface area (Å²) in [6.45, 7) is 3.51. The maximum atomic E-state index is 12.5. The maximum Gasteiger partial charge on any atom is 0.324 e. The number of amides is 1. The van der Waals surface area contributed by atoms with Crippen molar-refractivity contribution in [3.05, 3.63) is 68.5 Å². The smallest absolute Gasteiger partial charge is 0.324 e. The minimum absolute atomic E-state index is 0.000242. The standard InChI is InChI=1S/C19H18N4O3S2/c24-19(16-6-7-17(28-16)23(25)26)22-10-8-21(9-11-22)12-15-13-27-18(20-15)14-4-2-1-3-5-14/h1-7,13H,8-12H2. The van der Waals surface area contributed by atoms with Gasteiger partial charge in [0.1, 0.15) is 5.01 Å². The van der Waals surface area contributed by atoms with Crippen LogP contribution in [0.1, 0.15) is 15.4 Å². The van der Waals surface area contributed by atoms with Gasteiger partial charge in [-0.1, -0.05) is 41.7 Å². The van der Waals surface area contributed by atoms with Gasteiger partial charge < -0.3 is 4.90 Å². The number of benzene rings is 1. The molecule has 0 aliphatic carbocycles. The first-order chi connectivity index (χ1) is 13.6. The van der Waals surface area contributed by atoms with Crippen molar-refractivity contribution in [2.24, 2.45) is 0 Å². The van der Waals surface area contributed by atoms with Gasteiger partial charge in [0.05, 0.1) is 15.5 Å². The van der Waals surface area contributed by atoms with Crippen LogP contribution in [0, 0.1) is 10.1 Å². The third-order valence-electron chi connectivity index (χ3n) is 4.60. The molecule has 1 aliphatic rings. The number of carbonyl (C=O) groups excluding carboxylic acids is 1. The van der Waals surface area contributed by atoms with Gasteiger partial charge in [0, 0.05) is 49.7 Å². The first-order valence-electron chi connectivity index (χ1n) is 8.86. The van der Waals surface area contributed by atoms with Crippen LogP contribution in [-0.4, -0.2) is 51.8 Å². The number of nitrogens with zero attached hydrogens (tertiary/aromatic N) is 4. The zero-order chi connectivity index (χ0) is 19.5. The largest absolute Gasteiger partial charge is 0.335 e. The lowest BCUT2D eigenvalue weighted by Gasteiger charge is -2.34. The predicted octanol–water partition coefficient (Wildman–Crippen LogP) is 3.74. The van der Waals surface area contributed by atoms with Crippen LogP contribution >= 0.6 is 22.7 Å². The highest BCUT2D eigenvalue weighted by atomic mass is 32.1. The van der Waals surface area contributed by atoms with Gasteiger partial charge in [0.25, 0.3) is 5.91 Å². The first kappa shape index (κ1) is 18.7. The molecule has 1 saturated heterocycles. The van der Waals surface area contributed by atoms with Gasteiger partial charge in [0.15, 0.2) is 0 Å². The molecular weight excluding hydrogens is 396 g/mol. The van der Waals surface area contributed by atoms with Gasteiger partial charge >= 0.3 is 5.00 Å². The zero-order valence-electron chi connectivity index (χ0n) is 15.0. The lowest BCUT2D eigenvalue weighted by molar-refractivity contribution is -0.380. The van der Waals surface area contributed by atoms with Crippen LogP contribution in [0.25, 0.3) is 10.6 Å². The summed E-state index contributed by atoms with van der Waals surface area (Å²) in [5.41, 5.74) is 2.16. The second-order valence-corrected chi connectivity index (χ2v) is 8.39. The Kier molecular flexibility index (Phi) is 5.47. The van der Waals surface area contributed by atoms with Crippen LogP contribution in [0.4, 0.5) is 5.00 Å². The van der Waals surface area contributed by atoms with E-state index in [1.807, 2.05) is 18.2 Å². The Balaban J connectivity index is 1.32. The van der Waals surface area contributed by atoms with E-state index in [1.54, 1.807) is 16.2 Å². The fourth-order valence-corrected chi connectivity index (χ4v) is 4.73. The molecule has 28 heavy (non-hydrogen) atoms. The monoisotopic (exact) mass is 414 g/mol. The molecule has 3 heterocycles. The summed E-state index contributed by atoms with van der Waals surface area (Å²) in [6.07, 6.45) is 0. The highest BCUT2D eigenvalue weighted by molar-refractivity contribution is 7.17. The van der Waals surface area contributed by atoms with Crippen molar-refractivity contribution in [2.45, 2.75) is 6.54 Å². The molecule has 0 unspecified atom stereocenters. The van der Waals surface area contributed by atoms with E-state index in [0.29, 0.717) is 18.0 Å². The first-order valence-corrected chi connectivity index (χ1v) is 10.6. The zero-order valence-corrected chi connectivity index (χ0v) is 16.6. The van der Waals surface area contributed by atoms with Crippen LogP contribution in [0.5, 0.6) is 0 Å². The number of hydrogen-bond donors (Lipinski definition) is 0. The number of nitro groups is 1. The van der Waals surface area contributed by atoms with Crippen LogP contribution in [-0.2, 0) is 6.54 Å². The molecule has 0 N–H and O–H groups in total. The molecule has 1 aromatic carbocycles. The van der Waals surface area contributed by atoms with Gasteiger partial charge in [-0.3, -0.25) is 19.8 Å². The Labute approximate surface area is 170 Å². The minimum atomic E-state index is -0.461. The van der Waals surface area contributed by atoms with Crippen molar-refractivity contribution in [3.8, 4) is 10.6 Å². The molecule has 3 aromatic rings. The Morgan fingerprint density at radius 2 is 1.86 bits per heavy atom. The second-order valence-electron chi connectivity index (χ2n) is 6.47. The molecule has 0 atom stereocenters. The summed E-state index contributed by atoms with van der Waals surface area (Å²) in [5, 5.41) is 13.9. The van der Waals surface area contributed by atoms with E-state index in [4.69, 9.17) is 4.98 Å². The van der Waals surface area contributed by atoms with Crippen LogP contribution in [0.15, 0.2) is 47.8 Å². The molecule has 7 nitrogen and oxygen atoms in total. The Bertz CT molecular complexity index is 978. The number of aromatic nitrogens is 1. The Morgan fingerprint density at radius 1 is 1.11 bits per heavy atom.